The summed E-state index contributed by atoms with van der Waals surface area (Å²) in [6, 6.07) is 3.15. The lowest BCUT2D eigenvalue weighted by molar-refractivity contribution is -0.159. The molecule has 0 radical (unpaired) electrons. The normalized spacial score (nSPS) is 24.7. The summed E-state index contributed by atoms with van der Waals surface area (Å²) in [5.74, 6) is -0.127. The number of amides is 1. The SMILES string of the molecule is COc1cc(OC)c(C(=O)N2C[C@@H]3CCOC[C@]3(C(=O)O)C2)cc1OC. The van der Waals surface area contributed by atoms with Crippen molar-refractivity contribution in [2.24, 2.45) is 11.3 Å². The van der Waals surface area contributed by atoms with Gasteiger partial charge < -0.3 is 29.0 Å². The van der Waals surface area contributed by atoms with Crippen LogP contribution in [0, 0.1) is 11.3 Å². The molecule has 0 unspecified atom stereocenters. The molecule has 0 aromatic heterocycles. The van der Waals surface area contributed by atoms with Gasteiger partial charge in [-0.1, -0.05) is 0 Å². The molecule has 1 aromatic carbocycles. The molecule has 0 aliphatic carbocycles. The molecular formula is C18H23NO7. The molecule has 2 atom stereocenters. The second-order valence-electron chi connectivity index (χ2n) is 6.59. The van der Waals surface area contributed by atoms with Gasteiger partial charge in [0.2, 0.25) is 0 Å². The standard InChI is InChI=1S/C18H23NO7/c1-23-13-7-15(25-3)14(24-2)6-12(13)16(20)19-8-11-4-5-26-10-18(11,9-19)17(21)22/h6-7,11H,4-5,8-10H2,1-3H3,(H,21,22)/t11-,18+/m0/s1. The molecule has 142 valence electrons. The van der Waals surface area contributed by atoms with E-state index < -0.39 is 11.4 Å². The van der Waals surface area contributed by atoms with Gasteiger partial charge in [0.15, 0.2) is 11.5 Å². The second-order valence-corrected chi connectivity index (χ2v) is 6.59. The van der Waals surface area contributed by atoms with Crippen LogP contribution in [0.5, 0.6) is 17.2 Å². The van der Waals surface area contributed by atoms with Crippen LogP contribution in [0.1, 0.15) is 16.8 Å². The first kappa shape index (κ1) is 18.3. The molecule has 2 saturated heterocycles. The van der Waals surface area contributed by atoms with Crippen molar-refractivity contribution in [2.45, 2.75) is 6.42 Å². The molecule has 1 N–H and O–H groups in total. The number of fused-ring (bicyclic) bond motifs is 1. The molecule has 26 heavy (non-hydrogen) atoms. The van der Waals surface area contributed by atoms with Crippen LogP contribution in [0.2, 0.25) is 0 Å². The van der Waals surface area contributed by atoms with Crippen molar-refractivity contribution in [2.75, 3.05) is 47.6 Å². The molecule has 8 nitrogen and oxygen atoms in total. The predicted molar refractivity (Wildman–Crippen MR) is 91.0 cm³/mol. The lowest BCUT2D eigenvalue weighted by Crippen LogP contribution is -2.46. The zero-order valence-corrected chi connectivity index (χ0v) is 15.1. The highest BCUT2D eigenvalue weighted by atomic mass is 16.5. The average Bonchev–Trinajstić information content (AvgIpc) is 3.07. The quantitative estimate of drug-likeness (QED) is 0.840. The van der Waals surface area contributed by atoms with E-state index in [-0.39, 0.29) is 25.0 Å². The van der Waals surface area contributed by atoms with Crippen LogP contribution in [0.4, 0.5) is 0 Å². The summed E-state index contributed by atoms with van der Waals surface area (Å²) < 4.78 is 21.3. The van der Waals surface area contributed by atoms with Crippen molar-refractivity contribution < 1.29 is 33.6 Å². The predicted octanol–water partition coefficient (Wildman–Crippen LogP) is 1.28. The molecule has 0 spiro atoms. The van der Waals surface area contributed by atoms with Gasteiger partial charge in [0.1, 0.15) is 11.2 Å². The van der Waals surface area contributed by atoms with Gasteiger partial charge in [-0.2, -0.15) is 0 Å². The molecular weight excluding hydrogens is 342 g/mol. The van der Waals surface area contributed by atoms with Crippen molar-refractivity contribution in [1.82, 2.24) is 4.90 Å². The van der Waals surface area contributed by atoms with E-state index in [1.165, 1.54) is 21.3 Å². The van der Waals surface area contributed by atoms with Gasteiger partial charge in [-0.25, -0.2) is 0 Å². The Balaban J connectivity index is 1.94. The Bertz CT molecular complexity index is 720. The molecule has 0 bridgehead atoms. The maximum atomic E-state index is 13.1. The lowest BCUT2D eigenvalue weighted by atomic mass is 9.76. The third-order valence-corrected chi connectivity index (χ3v) is 5.31. The molecule has 2 heterocycles. The van der Waals surface area contributed by atoms with Crippen molar-refractivity contribution in [3.8, 4) is 17.2 Å². The number of carbonyl (C=O) groups excluding carboxylic acids is 1. The summed E-state index contributed by atoms with van der Waals surface area (Å²) in [5, 5.41) is 9.74. The van der Waals surface area contributed by atoms with E-state index in [4.69, 9.17) is 18.9 Å². The average molecular weight is 365 g/mol. The Morgan fingerprint density at radius 2 is 1.81 bits per heavy atom. The molecule has 2 aliphatic rings. The summed E-state index contributed by atoms with van der Waals surface area (Å²) >= 11 is 0. The van der Waals surface area contributed by atoms with Gasteiger partial charge in [0.25, 0.3) is 5.91 Å². The van der Waals surface area contributed by atoms with Gasteiger partial charge in [-0.15, -0.1) is 0 Å². The van der Waals surface area contributed by atoms with Gasteiger partial charge in [0.05, 0.1) is 33.5 Å². The minimum absolute atomic E-state index is 0.114. The number of rotatable bonds is 5. The van der Waals surface area contributed by atoms with Crippen LogP contribution in [0.3, 0.4) is 0 Å². The number of carboxylic acids is 1. The van der Waals surface area contributed by atoms with Crippen LogP contribution in [0.25, 0.3) is 0 Å². The summed E-state index contributed by atoms with van der Waals surface area (Å²) in [4.78, 5) is 26.6. The Labute approximate surface area is 151 Å². The first-order chi connectivity index (χ1) is 12.5. The molecule has 1 aromatic rings. The third kappa shape index (κ3) is 2.84. The highest BCUT2D eigenvalue weighted by Crippen LogP contribution is 2.43. The number of likely N-dealkylation sites (tertiary alicyclic amines) is 1. The van der Waals surface area contributed by atoms with Crippen LogP contribution in [0.15, 0.2) is 12.1 Å². The van der Waals surface area contributed by atoms with Crippen molar-refractivity contribution in [3.63, 3.8) is 0 Å². The van der Waals surface area contributed by atoms with Crippen LogP contribution in [-0.4, -0.2) is 69.5 Å². The van der Waals surface area contributed by atoms with Gasteiger partial charge in [-0.05, 0) is 12.3 Å². The second kappa shape index (κ2) is 7.03. The number of ether oxygens (including phenoxy) is 4. The van der Waals surface area contributed by atoms with Crippen LogP contribution < -0.4 is 14.2 Å². The van der Waals surface area contributed by atoms with Crippen molar-refractivity contribution in [3.05, 3.63) is 17.7 Å². The maximum absolute atomic E-state index is 13.1. The minimum Gasteiger partial charge on any atom is -0.496 e. The first-order valence-corrected chi connectivity index (χ1v) is 8.37. The van der Waals surface area contributed by atoms with Gasteiger partial charge in [-0.3, -0.25) is 9.59 Å². The van der Waals surface area contributed by atoms with Crippen molar-refractivity contribution >= 4 is 11.9 Å². The van der Waals surface area contributed by atoms with Crippen LogP contribution in [-0.2, 0) is 9.53 Å². The molecule has 2 aliphatic heterocycles. The Morgan fingerprint density at radius 1 is 1.15 bits per heavy atom. The molecule has 1 amide bonds. The maximum Gasteiger partial charge on any atom is 0.314 e. The number of carbonyl (C=O) groups is 2. The smallest absolute Gasteiger partial charge is 0.314 e. The molecule has 3 rings (SSSR count). The summed E-state index contributed by atoms with van der Waals surface area (Å²) in [5.41, 5.74) is -0.734. The number of aliphatic carboxylic acids is 1. The largest absolute Gasteiger partial charge is 0.496 e. The Hall–Kier alpha value is -2.48. The van der Waals surface area contributed by atoms with Crippen LogP contribution >= 0.6 is 0 Å². The monoisotopic (exact) mass is 365 g/mol. The molecule has 8 heteroatoms. The van der Waals surface area contributed by atoms with Gasteiger partial charge >= 0.3 is 5.97 Å². The number of nitrogens with zero attached hydrogens (tertiary/aromatic N) is 1. The highest BCUT2D eigenvalue weighted by molar-refractivity contribution is 5.98. The fourth-order valence-corrected chi connectivity index (χ4v) is 3.81. The zero-order valence-electron chi connectivity index (χ0n) is 15.1. The van der Waals surface area contributed by atoms with Gasteiger partial charge in [0, 0.05) is 31.8 Å². The topological polar surface area (TPSA) is 94.5 Å². The van der Waals surface area contributed by atoms with E-state index in [1.807, 2.05) is 0 Å². The number of benzene rings is 1. The third-order valence-electron chi connectivity index (χ3n) is 5.31. The molecule has 0 saturated carbocycles. The minimum atomic E-state index is -1.04. The van der Waals surface area contributed by atoms with E-state index >= 15 is 0 Å². The number of carboxylic acid groups (broad SMARTS) is 1. The van der Waals surface area contributed by atoms with E-state index in [9.17, 15) is 14.7 Å². The summed E-state index contributed by atoms with van der Waals surface area (Å²) in [6.45, 7) is 1.14. The number of hydrogen-bond donors (Lipinski definition) is 1. The number of methoxy groups -OCH3 is 3. The summed E-state index contributed by atoms with van der Waals surface area (Å²) in [6.07, 6.45) is 0.624. The zero-order chi connectivity index (χ0) is 18.9. The van der Waals surface area contributed by atoms with E-state index in [0.29, 0.717) is 42.4 Å². The highest BCUT2D eigenvalue weighted by Gasteiger charge is 2.55. The van der Waals surface area contributed by atoms with Crippen molar-refractivity contribution in [1.29, 1.82) is 0 Å². The summed E-state index contributed by atoms with van der Waals surface area (Å²) in [7, 11) is 4.45. The van der Waals surface area contributed by atoms with E-state index in [1.54, 1.807) is 17.0 Å². The fraction of sp³-hybridized carbons (Fsp3) is 0.556. The Morgan fingerprint density at radius 3 is 2.38 bits per heavy atom. The van der Waals surface area contributed by atoms with E-state index in [2.05, 4.69) is 0 Å². The fourth-order valence-electron chi connectivity index (χ4n) is 3.81. The van der Waals surface area contributed by atoms with E-state index in [0.717, 1.165) is 0 Å². The Kier molecular flexibility index (Phi) is 4.95. The molecule has 2 fully saturated rings. The first-order valence-electron chi connectivity index (χ1n) is 8.37. The number of hydrogen-bond acceptors (Lipinski definition) is 6. The lowest BCUT2D eigenvalue weighted by Gasteiger charge is -2.33.